The Morgan fingerprint density at radius 1 is 1.21 bits per heavy atom. The molecular formula is C12H24O2. The third-order valence-corrected chi connectivity index (χ3v) is 1.88. The predicted molar refractivity (Wildman–Crippen MR) is 62.3 cm³/mol. The van der Waals surface area contributed by atoms with Gasteiger partial charge in [0.05, 0.1) is 18.8 Å². The van der Waals surface area contributed by atoms with Crippen LogP contribution in [0.15, 0.2) is 25.3 Å². The van der Waals surface area contributed by atoms with E-state index >= 15 is 0 Å². The molecule has 0 saturated heterocycles. The van der Waals surface area contributed by atoms with Crippen molar-refractivity contribution >= 4 is 0 Å². The molecule has 0 saturated carbocycles. The maximum absolute atomic E-state index is 9.09. The van der Waals surface area contributed by atoms with Gasteiger partial charge in [-0.15, -0.1) is 13.2 Å². The first-order valence-corrected chi connectivity index (χ1v) is 4.88. The predicted octanol–water partition coefficient (Wildman–Crippen LogP) is 2.79. The summed E-state index contributed by atoms with van der Waals surface area (Å²) in [5, 5.41) is 9.09. The van der Waals surface area contributed by atoms with Crippen molar-refractivity contribution in [3.63, 3.8) is 0 Å². The van der Waals surface area contributed by atoms with Gasteiger partial charge < -0.3 is 9.84 Å². The van der Waals surface area contributed by atoms with Crippen molar-refractivity contribution < 1.29 is 9.84 Å². The summed E-state index contributed by atoms with van der Waals surface area (Å²) in [6.45, 7) is 15.8. The normalized spacial score (nSPS) is 10.4. The molecule has 0 bridgehead atoms. The lowest BCUT2D eigenvalue weighted by Crippen LogP contribution is -2.25. The van der Waals surface area contributed by atoms with Crippen molar-refractivity contribution in [2.45, 2.75) is 33.3 Å². The van der Waals surface area contributed by atoms with Gasteiger partial charge >= 0.3 is 0 Å². The van der Waals surface area contributed by atoms with E-state index in [9.17, 15) is 0 Å². The van der Waals surface area contributed by atoms with E-state index in [2.05, 4.69) is 13.2 Å². The van der Waals surface area contributed by atoms with Crippen LogP contribution in [0.4, 0.5) is 0 Å². The average molecular weight is 200 g/mol. The number of hydrogen-bond donors (Lipinski definition) is 1. The van der Waals surface area contributed by atoms with Gasteiger partial charge in [0.15, 0.2) is 0 Å². The Morgan fingerprint density at radius 2 is 1.50 bits per heavy atom. The Labute approximate surface area is 88.3 Å². The summed E-state index contributed by atoms with van der Waals surface area (Å²) in [7, 11) is 0. The van der Waals surface area contributed by atoms with E-state index in [1.165, 1.54) is 0 Å². The summed E-state index contributed by atoms with van der Waals surface area (Å²) in [5.41, 5.74) is -0.500. The molecule has 0 fully saturated rings. The molecule has 84 valence electrons. The van der Waals surface area contributed by atoms with Gasteiger partial charge in [0, 0.05) is 0 Å². The number of rotatable bonds is 5. The molecule has 0 aromatic heterocycles. The third-order valence-electron chi connectivity index (χ3n) is 1.88. The SMILES string of the molecule is C=CCOCC=C.CC(C)C(C)(C)O. The highest BCUT2D eigenvalue weighted by atomic mass is 16.5. The summed E-state index contributed by atoms with van der Waals surface area (Å²) < 4.78 is 4.90. The molecule has 0 unspecified atom stereocenters. The van der Waals surface area contributed by atoms with E-state index in [4.69, 9.17) is 9.84 Å². The van der Waals surface area contributed by atoms with Crippen LogP contribution >= 0.6 is 0 Å². The Hall–Kier alpha value is -0.600. The van der Waals surface area contributed by atoms with Gasteiger partial charge in [-0.1, -0.05) is 26.0 Å². The van der Waals surface area contributed by atoms with E-state index < -0.39 is 5.60 Å². The van der Waals surface area contributed by atoms with Crippen LogP contribution < -0.4 is 0 Å². The molecular weight excluding hydrogens is 176 g/mol. The largest absolute Gasteiger partial charge is 0.390 e. The summed E-state index contributed by atoms with van der Waals surface area (Å²) >= 11 is 0. The van der Waals surface area contributed by atoms with Gasteiger partial charge in [0.25, 0.3) is 0 Å². The van der Waals surface area contributed by atoms with Crippen molar-refractivity contribution in [1.82, 2.24) is 0 Å². The molecule has 0 aliphatic carbocycles. The van der Waals surface area contributed by atoms with Crippen LogP contribution in [0.5, 0.6) is 0 Å². The van der Waals surface area contributed by atoms with Crippen LogP contribution in [0.25, 0.3) is 0 Å². The Bertz CT molecular complexity index is 135. The first kappa shape index (κ1) is 15.9. The molecule has 2 heteroatoms. The van der Waals surface area contributed by atoms with E-state index in [-0.39, 0.29) is 0 Å². The van der Waals surface area contributed by atoms with Crippen LogP contribution in [0.3, 0.4) is 0 Å². The van der Waals surface area contributed by atoms with Gasteiger partial charge in [0.2, 0.25) is 0 Å². The average Bonchev–Trinajstić information content (AvgIpc) is 2.05. The lowest BCUT2D eigenvalue weighted by atomic mass is 9.95. The molecule has 0 heterocycles. The number of hydrogen-bond acceptors (Lipinski definition) is 2. The van der Waals surface area contributed by atoms with Crippen LogP contribution in [-0.2, 0) is 4.74 Å². The van der Waals surface area contributed by atoms with Crippen molar-refractivity contribution in [2.24, 2.45) is 5.92 Å². The third kappa shape index (κ3) is 14.0. The van der Waals surface area contributed by atoms with Gasteiger partial charge in [0.1, 0.15) is 0 Å². The quantitative estimate of drug-likeness (QED) is 0.546. The molecule has 0 amide bonds. The fourth-order valence-electron chi connectivity index (χ4n) is 0.235. The van der Waals surface area contributed by atoms with E-state index in [0.717, 1.165) is 0 Å². The van der Waals surface area contributed by atoms with Gasteiger partial charge in [-0.05, 0) is 19.8 Å². The Kier molecular flexibility index (Phi) is 10.2. The van der Waals surface area contributed by atoms with Crippen molar-refractivity contribution in [3.05, 3.63) is 25.3 Å². The summed E-state index contributed by atoms with van der Waals surface area (Å²) in [6, 6.07) is 0. The molecule has 0 rings (SSSR count). The maximum atomic E-state index is 9.09. The van der Waals surface area contributed by atoms with Crippen LogP contribution in [-0.4, -0.2) is 23.9 Å². The second-order valence-electron chi connectivity index (χ2n) is 3.92. The summed E-state index contributed by atoms with van der Waals surface area (Å²) in [5.74, 6) is 0.354. The lowest BCUT2D eigenvalue weighted by molar-refractivity contribution is 0.0327. The zero-order valence-corrected chi connectivity index (χ0v) is 9.92. The zero-order valence-electron chi connectivity index (χ0n) is 9.92. The first-order chi connectivity index (χ1) is 6.36. The minimum Gasteiger partial charge on any atom is -0.390 e. The molecule has 0 aliphatic heterocycles. The van der Waals surface area contributed by atoms with Crippen molar-refractivity contribution in [1.29, 1.82) is 0 Å². The maximum Gasteiger partial charge on any atom is 0.0649 e. The van der Waals surface area contributed by atoms with E-state index in [1.54, 1.807) is 12.2 Å². The molecule has 0 aromatic rings. The fraction of sp³-hybridized carbons (Fsp3) is 0.667. The topological polar surface area (TPSA) is 29.5 Å². The molecule has 0 aliphatic rings. The van der Waals surface area contributed by atoms with Crippen molar-refractivity contribution in [2.75, 3.05) is 13.2 Å². The molecule has 0 spiro atoms. The molecule has 0 aromatic carbocycles. The molecule has 1 N–H and O–H groups in total. The van der Waals surface area contributed by atoms with Gasteiger partial charge in [-0.3, -0.25) is 0 Å². The van der Waals surface area contributed by atoms with Crippen LogP contribution in [0.2, 0.25) is 0 Å². The number of ether oxygens (including phenoxy) is 1. The van der Waals surface area contributed by atoms with E-state index in [1.807, 2.05) is 27.7 Å². The number of aliphatic hydroxyl groups is 1. The standard InChI is InChI=1S/C6H14O.C6H10O/c1-5(2)6(3,4)7;1-3-5-7-6-4-2/h5,7H,1-4H3;3-4H,1-2,5-6H2. The lowest BCUT2D eigenvalue weighted by Gasteiger charge is -2.21. The van der Waals surface area contributed by atoms with Gasteiger partial charge in [-0.2, -0.15) is 0 Å². The molecule has 0 radical (unpaired) electrons. The van der Waals surface area contributed by atoms with Crippen molar-refractivity contribution in [3.8, 4) is 0 Å². The second kappa shape index (κ2) is 8.97. The minimum absolute atomic E-state index is 0.354. The Morgan fingerprint density at radius 3 is 1.64 bits per heavy atom. The minimum atomic E-state index is -0.500. The van der Waals surface area contributed by atoms with Crippen LogP contribution in [0, 0.1) is 5.92 Å². The molecule has 14 heavy (non-hydrogen) atoms. The highest BCUT2D eigenvalue weighted by Crippen LogP contribution is 2.12. The monoisotopic (exact) mass is 200 g/mol. The van der Waals surface area contributed by atoms with Gasteiger partial charge in [-0.25, -0.2) is 0 Å². The Balaban J connectivity index is 0. The first-order valence-electron chi connectivity index (χ1n) is 4.88. The smallest absolute Gasteiger partial charge is 0.0649 e. The molecule has 0 atom stereocenters. The summed E-state index contributed by atoms with van der Waals surface area (Å²) in [6.07, 6.45) is 3.42. The summed E-state index contributed by atoms with van der Waals surface area (Å²) in [4.78, 5) is 0. The molecule has 2 nitrogen and oxygen atoms in total. The highest BCUT2D eigenvalue weighted by molar-refractivity contribution is 4.68. The second-order valence-corrected chi connectivity index (χ2v) is 3.92. The zero-order chi connectivity index (χ0) is 11.6. The highest BCUT2D eigenvalue weighted by Gasteiger charge is 2.16. The van der Waals surface area contributed by atoms with E-state index in [0.29, 0.717) is 19.1 Å². The fourth-order valence-corrected chi connectivity index (χ4v) is 0.235. The van der Waals surface area contributed by atoms with Crippen LogP contribution in [0.1, 0.15) is 27.7 Å².